The molecule has 0 aromatic heterocycles. The molecule has 3 heteroatoms. The molecule has 0 amide bonds. The van der Waals surface area contributed by atoms with Crippen LogP contribution < -0.4 is 0 Å². The maximum Gasteiger partial charge on any atom is 0.0770 e. The van der Waals surface area contributed by atoms with Crippen molar-refractivity contribution in [1.82, 2.24) is 0 Å². The number of rotatable bonds is 18. The fourth-order valence-electron chi connectivity index (χ4n) is 3.75. The zero-order valence-corrected chi connectivity index (χ0v) is 21.0. The molecule has 0 bridgehead atoms. The predicted octanol–water partition coefficient (Wildman–Crippen LogP) is 7.83. The van der Waals surface area contributed by atoms with Gasteiger partial charge in [0.25, 0.3) is 0 Å². The van der Waals surface area contributed by atoms with Gasteiger partial charge in [0, 0.05) is 0 Å². The molecule has 0 aliphatic heterocycles. The summed E-state index contributed by atoms with van der Waals surface area (Å²) in [6.07, 6.45) is 16.3. The summed E-state index contributed by atoms with van der Waals surface area (Å²) in [4.78, 5) is 0. The third kappa shape index (κ3) is 18.4. The van der Waals surface area contributed by atoms with E-state index < -0.39 is 6.10 Å². The van der Waals surface area contributed by atoms with Gasteiger partial charge in [-0.3, -0.25) is 0 Å². The van der Waals surface area contributed by atoms with Crippen LogP contribution in [0.5, 0.6) is 0 Å². The number of ether oxygens (including phenoxy) is 1. The molecule has 0 spiro atoms. The number of aliphatic hydroxyl groups excluding tert-OH is 2. The van der Waals surface area contributed by atoms with Crippen LogP contribution >= 0.6 is 0 Å². The molecule has 33 heavy (non-hydrogen) atoms. The third-order valence-electron chi connectivity index (χ3n) is 5.82. The normalized spacial score (nSPS) is 11.6. The Labute approximate surface area is 203 Å². The lowest BCUT2D eigenvalue weighted by Gasteiger charge is -2.06. The maximum absolute atomic E-state index is 9.17. The second kappa shape index (κ2) is 22.1. The summed E-state index contributed by atoms with van der Waals surface area (Å²) >= 11 is 0. The van der Waals surface area contributed by atoms with Crippen molar-refractivity contribution in [2.24, 2.45) is 0 Å². The van der Waals surface area contributed by atoms with E-state index in [1.165, 1.54) is 81.8 Å². The van der Waals surface area contributed by atoms with Gasteiger partial charge in [-0.15, -0.1) is 0 Å². The lowest BCUT2D eigenvalue weighted by atomic mass is 10.0. The first kappa shape index (κ1) is 29.4. The van der Waals surface area contributed by atoms with Gasteiger partial charge in [-0.1, -0.05) is 145 Å². The van der Waals surface area contributed by atoms with Gasteiger partial charge >= 0.3 is 0 Å². The Kier molecular flexibility index (Phi) is 19.7. The van der Waals surface area contributed by atoms with Gasteiger partial charge in [0.1, 0.15) is 0 Å². The van der Waals surface area contributed by atoms with Crippen LogP contribution in [0.4, 0.5) is 0 Å². The summed E-state index contributed by atoms with van der Waals surface area (Å²) in [6, 6.07) is 20.4. The topological polar surface area (TPSA) is 49.7 Å². The first-order valence-electron chi connectivity index (χ1n) is 13.2. The van der Waals surface area contributed by atoms with E-state index in [2.05, 4.69) is 31.2 Å². The van der Waals surface area contributed by atoms with Crippen LogP contribution in [0.1, 0.15) is 102 Å². The van der Waals surface area contributed by atoms with Crippen LogP contribution in [-0.4, -0.2) is 22.9 Å². The summed E-state index contributed by atoms with van der Waals surface area (Å²) in [7, 11) is 0. The van der Waals surface area contributed by atoms with E-state index in [9.17, 15) is 0 Å². The highest BCUT2D eigenvalue weighted by Gasteiger charge is 2.00. The van der Waals surface area contributed by atoms with Crippen molar-refractivity contribution in [1.29, 1.82) is 0 Å². The molecule has 1 unspecified atom stereocenters. The van der Waals surface area contributed by atoms with E-state index in [-0.39, 0.29) is 6.61 Å². The van der Waals surface area contributed by atoms with E-state index in [1.54, 1.807) is 0 Å². The van der Waals surface area contributed by atoms with Crippen LogP contribution in [0.15, 0.2) is 60.7 Å². The Morgan fingerprint density at radius 3 is 1.39 bits per heavy atom. The molecule has 2 N–H and O–H groups in total. The predicted molar refractivity (Wildman–Crippen MR) is 140 cm³/mol. The molecule has 0 aliphatic rings. The largest absolute Gasteiger partial charge is 0.394 e. The number of hydrogen-bond donors (Lipinski definition) is 2. The fraction of sp³-hybridized carbons (Fsp3) is 0.600. The molecule has 2 aromatic rings. The van der Waals surface area contributed by atoms with Crippen molar-refractivity contribution < 1.29 is 14.9 Å². The summed E-state index contributed by atoms with van der Waals surface area (Å²) in [5, 5.41) is 17.8. The number of hydrogen-bond acceptors (Lipinski definition) is 3. The molecule has 0 aliphatic carbocycles. The molecule has 2 rings (SSSR count). The lowest BCUT2D eigenvalue weighted by molar-refractivity contribution is 0.0860. The molecular weight excluding hydrogens is 408 g/mol. The highest BCUT2D eigenvalue weighted by molar-refractivity contribution is 5.15. The number of benzene rings is 2. The van der Waals surface area contributed by atoms with Gasteiger partial charge in [-0.2, -0.15) is 0 Å². The van der Waals surface area contributed by atoms with Crippen molar-refractivity contribution in [3.8, 4) is 0 Å². The molecule has 2 aromatic carbocycles. The zero-order valence-electron chi connectivity index (χ0n) is 21.0. The molecule has 0 saturated carbocycles. The van der Waals surface area contributed by atoms with Gasteiger partial charge in [0.05, 0.1) is 25.9 Å². The molecule has 1 atom stereocenters. The Bertz CT molecular complexity index is 590. The zero-order chi connectivity index (χ0) is 23.8. The van der Waals surface area contributed by atoms with E-state index >= 15 is 0 Å². The van der Waals surface area contributed by atoms with Crippen molar-refractivity contribution >= 4 is 0 Å². The maximum atomic E-state index is 9.17. The lowest BCUT2D eigenvalue weighted by Crippen LogP contribution is -2.10. The molecule has 0 saturated heterocycles. The second-order valence-electron chi connectivity index (χ2n) is 8.98. The molecule has 186 valence electrons. The van der Waals surface area contributed by atoms with Crippen LogP contribution in [0.25, 0.3) is 0 Å². The average molecular weight is 457 g/mol. The smallest absolute Gasteiger partial charge is 0.0770 e. The average Bonchev–Trinajstić information content (AvgIpc) is 2.86. The van der Waals surface area contributed by atoms with Gasteiger partial charge < -0.3 is 14.9 Å². The number of unbranched alkanes of at least 4 members (excludes halogenated alkanes) is 11. The Balaban J connectivity index is 0.000000334. The first-order valence-corrected chi connectivity index (χ1v) is 13.2. The van der Waals surface area contributed by atoms with Crippen molar-refractivity contribution in [3.05, 3.63) is 71.8 Å². The fourth-order valence-corrected chi connectivity index (χ4v) is 3.75. The first-order chi connectivity index (χ1) is 16.3. The van der Waals surface area contributed by atoms with Crippen LogP contribution in [0.2, 0.25) is 0 Å². The third-order valence-corrected chi connectivity index (χ3v) is 5.82. The molecule has 3 nitrogen and oxygen atoms in total. The van der Waals surface area contributed by atoms with Gasteiger partial charge in [-0.25, -0.2) is 0 Å². The standard InChI is InChI=1S/C16H34O2.C14H14O/c1-2-3-4-5-6-7-8-9-10-11-12-13-14-16(18)15-17;1-3-7-13(8-4-1)11-15-12-14-9-5-2-6-10-14/h16-18H,2-15H2,1H3;1-10H,11-12H2. The minimum absolute atomic E-state index is 0.0853. The summed E-state index contributed by atoms with van der Waals surface area (Å²) in [5.41, 5.74) is 2.43. The Morgan fingerprint density at radius 2 is 1.00 bits per heavy atom. The van der Waals surface area contributed by atoms with E-state index in [4.69, 9.17) is 14.9 Å². The van der Waals surface area contributed by atoms with E-state index in [0.29, 0.717) is 13.2 Å². The van der Waals surface area contributed by atoms with Gasteiger partial charge in [0.15, 0.2) is 0 Å². The number of aliphatic hydroxyl groups is 2. The minimum atomic E-state index is -0.492. The molecular formula is C30H48O3. The minimum Gasteiger partial charge on any atom is -0.394 e. The summed E-state index contributed by atoms with van der Waals surface area (Å²) in [6.45, 7) is 3.53. The van der Waals surface area contributed by atoms with Crippen LogP contribution in [-0.2, 0) is 18.0 Å². The monoisotopic (exact) mass is 456 g/mol. The van der Waals surface area contributed by atoms with Crippen molar-refractivity contribution in [2.75, 3.05) is 6.61 Å². The van der Waals surface area contributed by atoms with Gasteiger partial charge in [-0.05, 0) is 17.5 Å². The molecule has 0 heterocycles. The Hall–Kier alpha value is -1.68. The highest BCUT2D eigenvalue weighted by Crippen LogP contribution is 2.13. The summed E-state index contributed by atoms with van der Waals surface area (Å²) < 4.78 is 5.61. The SMILES string of the molecule is CCCCCCCCCCCCCCC(O)CO.c1ccc(COCc2ccccc2)cc1. The highest BCUT2D eigenvalue weighted by atomic mass is 16.5. The molecule has 0 fully saturated rings. The van der Waals surface area contributed by atoms with Crippen molar-refractivity contribution in [2.45, 2.75) is 110 Å². The van der Waals surface area contributed by atoms with Gasteiger partial charge in [0.2, 0.25) is 0 Å². The van der Waals surface area contributed by atoms with Crippen LogP contribution in [0, 0.1) is 0 Å². The van der Waals surface area contributed by atoms with Crippen molar-refractivity contribution in [3.63, 3.8) is 0 Å². The van der Waals surface area contributed by atoms with Crippen LogP contribution in [0.3, 0.4) is 0 Å². The Morgan fingerprint density at radius 1 is 0.606 bits per heavy atom. The quantitative estimate of drug-likeness (QED) is 0.225. The van der Waals surface area contributed by atoms with E-state index in [0.717, 1.165) is 12.8 Å². The second-order valence-corrected chi connectivity index (χ2v) is 8.98. The summed E-state index contributed by atoms with van der Waals surface area (Å²) in [5.74, 6) is 0. The van der Waals surface area contributed by atoms with E-state index in [1.807, 2.05) is 36.4 Å². The molecule has 0 radical (unpaired) electrons.